The molecule has 2 rings (SSSR count). The van der Waals surface area contributed by atoms with Gasteiger partial charge in [0.25, 0.3) is 0 Å². The van der Waals surface area contributed by atoms with Crippen LogP contribution in [0.5, 0.6) is 5.75 Å². The SMILES string of the molecule is CCC(C)C(NC)c1cc(Br)cc2c1OCC2. The molecule has 1 aliphatic heterocycles. The summed E-state index contributed by atoms with van der Waals surface area (Å²) in [5.41, 5.74) is 2.63. The predicted octanol–water partition coefficient (Wildman–Crippen LogP) is 3.69. The van der Waals surface area contributed by atoms with Gasteiger partial charge >= 0.3 is 0 Å². The van der Waals surface area contributed by atoms with Gasteiger partial charge in [-0.05, 0) is 30.7 Å². The molecule has 2 atom stereocenters. The average Bonchev–Trinajstić information content (AvgIpc) is 2.77. The van der Waals surface area contributed by atoms with Gasteiger partial charge in [0.1, 0.15) is 5.75 Å². The summed E-state index contributed by atoms with van der Waals surface area (Å²) in [4.78, 5) is 0. The molecule has 94 valence electrons. The second-order valence-corrected chi connectivity index (χ2v) is 5.65. The van der Waals surface area contributed by atoms with Gasteiger partial charge in [0.05, 0.1) is 6.61 Å². The molecule has 0 radical (unpaired) electrons. The summed E-state index contributed by atoms with van der Waals surface area (Å²) >= 11 is 3.60. The van der Waals surface area contributed by atoms with E-state index in [1.807, 2.05) is 7.05 Å². The number of fused-ring (bicyclic) bond motifs is 1. The van der Waals surface area contributed by atoms with Crippen molar-refractivity contribution in [2.24, 2.45) is 5.92 Å². The van der Waals surface area contributed by atoms with Crippen LogP contribution in [0.4, 0.5) is 0 Å². The third-order valence-corrected chi connectivity index (χ3v) is 4.09. The maximum Gasteiger partial charge on any atom is 0.127 e. The van der Waals surface area contributed by atoms with Crippen LogP contribution in [0.15, 0.2) is 16.6 Å². The second-order valence-electron chi connectivity index (χ2n) is 4.73. The molecule has 0 bridgehead atoms. The van der Waals surface area contributed by atoms with Gasteiger partial charge in [-0.3, -0.25) is 0 Å². The Labute approximate surface area is 112 Å². The number of halogens is 1. The van der Waals surface area contributed by atoms with Crippen molar-refractivity contribution in [2.45, 2.75) is 32.7 Å². The summed E-state index contributed by atoms with van der Waals surface area (Å²) in [6, 6.07) is 4.73. The van der Waals surface area contributed by atoms with E-state index in [0.29, 0.717) is 12.0 Å². The molecular weight excluding hydrogens is 278 g/mol. The largest absolute Gasteiger partial charge is 0.493 e. The van der Waals surface area contributed by atoms with Gasteiger partial charge in [0.15, 0.2) is 0 Å². The van der Waals surface area contributed by atoms with Crippen molar-refractivity contribution in [3.8, 4) is 5.75 Å². The molecule has 1 aromatic carbocycles. The Kier molecular flexibility index (Phi) is 4.10. The quantitative estimate of drug-likeness (QED) is 0.915. The molecule has 2 nitrogen and oxygen atoms in total. The number of hydrogen-bond acceptors (Lipinski definition) is 2. The van der Waals surface area contributed by atoms with E-state index in [1.54, 1.807) is 0 Å². The zero-order valence-electron chi connectivity index (χ0n) is 10.7. The van der Waals surface area contributed by atoms with Gasteiger partial charge < -0.3 is 10.1 Å². The number of rotatable bonds is 4. The summed E-state index contributed by atoms with van der Waals surface area (Å²) < 4.78 is 6.95. The van der Waals surface area contributed by atoms with E-state index in [1.165, 1.54) is 11.1 Å². The van der Waals surface area contributed by atoms with Crippen molar-refractivity contribution >= 4 is 15.9 Å². The van der Waals surface area contributed by atoms with Crippen LogP contribution >= 0.6 is 15.9 Å². The van der Waals surface area contributed by atoms with E-state index in [2.05, 4.69) is 47.2 Å². The Morgan fingerprint density at radius 3 is 2.88 bits per heavy atom. The molecule has 2 unspecified atom stereocenters. The van der Waals surface area contributed by atoms with Crippen LogP contribution in [0.3, 0.4) is 0 Å². The Morgan fingerprint density at radius 2 is 2.24 bits per heavy atom. The first-order valence-corrected chi connectivity index (χ1v) is 7.09. The van der Waals surface area contributed by atoms with E-state index in [9.17, 15) is 0 Å². The van der Waals surface area contributed by atoms with Crippen molar-refractivity contribution < 1.29 is 4.74 Å². The van der Waals surface area contributed by atoms with Crippen molar-refractivity contribution in [1.82, 2.24) is 5.32 Å². The minimum atomic E-state index is 0.365. The van der Waals surface area contributed by atoms with Crippen LogP contribution in [0.25, 0.3) is 0 Å². The minimum Gasteiger partial charge on any atom is -0.493 e. The normalized spacial score (nSPS) is 17.4. The van der Waals surface area contributed by atoms with Crippen molar-refractivity contribution in [3.05, 3.63) is 27.7 Å². The molecule has 0 aromatic heterocycles. The van der Waals surface area contributed by atoms with E-state index in [-0.39, 0.29) is 0 Å². The Hall–Kier alpha value is -0.540. The van der Waals surface area contributed by atoms with Crippen LogP contribution in [-0.4, -0.2) is 13.7 Å². The van der Waals surface area contributed by atoms with Crippen LogP contribution in [0.2, 0.25) is 0 Å². The zero-order valence-corrected chi connectivity index (χ0v) is 12.3. The average molecular weight is 298 g/mol. The lowest BCUT2D eigenvalue weighted by atomic mass is 9.91. The topological polar surface area (TPSA) is 21.3 Å². The zero-order chi connectivity index (χ0) is 12.4. The Balaban J connectivity index is 2.43. The van der Waals surface area contributed by atoms with Gasteiger partial charge in [-0.2, -0.15) is 0 Å². The highest BCUT2D eigenvalue weighted by molar-refractivity contribution is 9.10. The summed E-state index contributed by atoms with van der Waals surface area (Å²) in [5.74, 6) is 1.70. The summed E-state index contributed by atoms with van der Waals surface area (Å²) in [6.45, 7) is 5.33. The predicted molar refractivity (Wildman–Crippen MR) is 74.6 cm³/mol. The molecule has 1 aliphatic rings. The smallest absolute Gasteiger partial charge is 0.127 e. The lowest BCUT2D eigenvalue weighted by Gasteiger charge is -2.25. The summed E-state index contributed by atoms with van der Waals surface area (Å²) in [5, 5.41) is 3.43. The molecule has 0 amide bonds. The fourth-order valence-electron chi connectivity index (χ4n) is 2.51. The second kappa shape index (κ2) is 5.40. The van der Waals surface area contributed by atoms with Gasteiger partial charge in [-0.15, -0.1) is 0 Å². The fourth-order valence-corrected chi connectivity index (χ4v) is 3.03. The molecule has 17 heavy (non-hydrogen) atoms. The monoisotopic (exact) mass is 297 g/mol. The first-order chi connectivity index (χ1) is 8.17. The van der Waals surface area contributed by atoms with Crippen LogP contribution < -0.4 is 10.1 Å². The van der Waals surface area contributed by atoms with Crippen LogP contribution in [-0.2, 0) is 6.42 Å². The van der Waals surface area contributed by atoms with E-state index in [4.69, 9.17) is 4.74 Å². The molecule has 0 fully saturated rings. The maximum absolute atomic E-state index is 5.80. The molecule has 1 aromatic rings. The fraction of sp³-hybridized carbons (Fsp3) is 0.571. The third-order valence-electron chi connectivity index (χ3n) is 3.64. The lowest BCUT2D eigenvalue weighted by Crippen LogP contribution is -2.23. The molecule has 0 aliphatic carbocycles. The van der Waals surface area contributed by atoms with Crippen molar-refractivity contribution in [1.29, 1.82) is 0 Å². The standard InChI is InChI=1S/C14H20BrNO/c1-4-9(2)13(16-3)12-8-11(15)7-10-5-6-17-14(10)12/h7-9,13,16H,4-6H2,1-3H3. The number of nitrogens with one attached hydrogen (secondary N) is 1. The van der Waals surface area contributed by atoms with Crippen LogP contribution in [0, 0.1) is 5.92 Å². The highest BCUT2D eigenvalue weighted by Gasteiger charge is 2.25. The maximum atomic E-state index is 5.80. The Bertz CT molecular complexity index is 405. The number of benzene rings is 1. The molecule has 0 saturated carbocycles. The first-order valence-electron chi connectivity index (χ1n) is 6.29. The van der Waals surface area contributed by atoms with E-state index < -0.39 is 0 Å². The number of hydrogen-bond donors (Lipinski definition) is 1. The minimum absolute atomic E-state index is 0.365. The van der Waals surface area contributed by atoms with Crippen molar-refractivity contribution in [2.75, 3.05) is 13.7 Å². The van der Waals surface area contributed by atoms with E-state index >= 15 is 0 Å². The molecule has 3 heteroatoms. The van der Waals surface area contributed by atoms with E-state index in [0.717, 1.165) is 29.7 Å². The lowest BCUT2D eigenvalue weighted by molar-refractivity contribution is 0.335. The van der Waals surface area contributed by atoms with Crippen LogP contribution in [0.1, 0.15) is 37.4 Å². The summed E-state index contributed by atoms with van der Waals surface area (Å²) in [7, 11) is 2.03. The molecular formula is C14H20BrNO. The van der Waals surface area contributed by atoms with Crippen molar-refractivity contribution in [3.63, 3.8) is 0 Å². The van der Waals surface area contributed by atoms with Gasteiger partial charge in [-0.1, -0.05) is 36.2 Å². The highest BCUT2D eigenvalue weighted by atomic mass is 79.9. The molecule has 0 saturated heterocycles. The first kappa shape index (κ1) is 12.9. The molecule has 0 spiro atoms. The van der Waals surface area contributed by atoms with Gasteiger partial charge in [-0.25, -0.2) is 0 Å². The third kappa shape index (κ3) is 2.50. The van der Waals surface area contributed by atoms with Gasteiger partial charge in [0, 0.05) is 22.5 Å². The Morgan fingerprint density at radius 1 is 1.47 bits per heavy atom. The molecule has 1 N–H and O–H groups in total. The highest BCUT2D eigenvalue weighted by Crippen LogP contribution is 2.39. The number of ether oxygens (including phenoxy) is 1. The van der Waals surface area contributed by atoms with Gasteiger partial charge in [0.2, 0.25) is 0 Å². The molecule has 1 heterocycles. The summed E-state index contributed by atoms with van der Waals surface area (Å²) in [6.07, 6.45) is 2.19.